The van der Waals surface area contributed by atoms with Gasteiger partial charge < -0.3 is 15.5 Å². The predicted octanol–water partition coefficient (Wildman–Crippen LogP) is 8.19. The van der Waals surface area contributed by atoms with Crippen molar-refractivity contribution in [2.75, 3.05) is 5.73 Å². The fourth-order valence-electron chi connectivity index (χ4n) is 5.84. The molecule has 8 nitrogen and oxygen atoms in total. The molecule has 0 aliphatic carbocycles. The number of anilines is 1. The normalized spacial score (nSPS) is 11.6. The zero-order chi connectivity index (χ0) is 34.3. The smallest absolute Gasteiger partial charge is 0.297 e. The number of fused-ring (bicyclic) bond motifs is 1. The number of carbonyl (C=O) groups excluding carboxylic acids is 1. The molecule has 7 rings (SSSR count). The molecule has 0 unspecified atom stereocenters. The predicted molar refractivity (Wildman–Crippen MR) is 184 cm³/mol. The molecule has 0 saturated carbocycles. The number of benzene rings is 5. The van der Waals surface area contributed by atoms with Gasteiger partial charge in [-0.3, -0.25) is 4.79 Å². The third kappa shape index (κ3) is 5.85. The van der Waals surface area contributed by atoms with Crippen LogP contribution in [0.3, 0.4) is 0 Å². The minimum atomic E-state index is -4.55. The maximum atomic E-state index is 14.2. The Labute approximate surface area is 280 Å². The van der Waals surface area contributed by atoms with Gasteiger partial charge in [0, 0.05) is 22.0 Å². The van der Waals surface area contributed by atoms with Gasteiger partial charge in [0.1, 0.15) is 11.6 Å². The van der Waals surface area contributed by atoms with Crippen LogP contribution in [0.15, 0.2) is 126 Å². The number of aromatic amines is 1. The molecule has 0 radical (unpaired) electrons. The largest absolute Gasteiger partial charge is 0.454 e. The molecule has 2 heterocycles. The number of hydrogen-bond donors (Lipinski definition) is 2. The lowest BCUT2D eigenvalue weighted by Gasteiger charge is -2.13. The number of sulfone groups is 1. The lowest BCUT2D eigenvalue weighted by atomic mass is 10.0. The maximum absolute atomic E-state index is 14.2. The zero-order valence-corrected chi connectivity index (χ0v) is 26.8. The number of carbonyl (C=O) groups is 1. The second kappa shape index (κ2) is 12.5. The minimum absolute atomic E-state index is 0.0509. The minimum Gasteiger partial charge on any atom is -0.454 e. The Kier molecular flexibility index (Phi) is 8.05. The molecule has 0 saturated heterocycles. The van der Waals surface area contributed by atoms with Crippen molar-refractivity contribution in [1.82, 2.24) is 14.8 Å². The van der Waals surface area contributed by atoms with Crippen LogP contribution in [0.1, 0.15) is 27.2 Å². The number of ether oxygens (including phenoxy) is 1. The highest BCUT2D eigenvalue weighted by Gasteiger charge is 2.31. The third-order valence-electron chi connectivity index (χ3n) is 8.27. The Bertz CT molecular complexity index is 2490. The molecule has 0 bridgehead atoms. The molecule has 0 spiro atoms. The zero-order valence-electron chi connectivity index (χ0n) is 26.0. The van der Waals surface area contributed by atoms with E-state index in [2.05, 4.69) is 10.1 Å². The standard InChI is InChI=1S/C38H28F2N4O4S/c1-23-19-26(48-34-15-8-13-30(39)36(34)40)17-18-33(23)44-37(41)29(22-42-44)27-12-5-6-16-35(27)49(46,47)38(45)32-21-28-25(11-7-14-31(28)43-32)20-24-9-3-2-4-10-24/h2-19,21-22,43H,20,41H2,1H3. The first-order chi connectivity index (χ1) is 23.6. The van der Waals surface area contributed by atoms with Gasteiger partial charge in [0.25, 0.3) is 5.12 Å². The van der Waals surface area contributed by atoms with Gasteiger partial charge >= 0.3 is 0 Å². The van der Waals surface area contributed by atoms with Crippen molar-refractivity contribution in [3.63, 3.8) is 0 Å². The van der Waals surface area contributed by atoms with Crippen molar-refractivity contribution in [2.45, 2.75) is 18.2 Å². The van der Waals surface area contributed by atoms with Gasteiger partial charge in [-0.2, -0.15) is 9.49 Å². The average Bonchev–Trinajstić information content (AvgIpc) is 3.71. The van der Waals surface area contributed by atoms with Crippen molar-refractivity contribution in [3.8, 4) is 28.3 Å². The summed E-state index contributed by atoms with van der Waals surface area (Å²) in [6.45, 7) is 1.76. The highest BCUT2D eigenvalue weighted by atomic mass is 32.2. The van der Waals surface area contributed by atoms with E-state index in [9.17, 15) is 22.0 Å². The molecule has 0 amide bonds. The van der Waals surface area contributed by atoms with Crippen LogP contribution < -0.4 is 10.5 Å². The fourth-order valence-corrected chi connectivity index (χ4v) is 7.17. The summed E-state index contributed by atoms with van der Waals surface area (Å²) in [4.78, 5) is 16.5. The Balaban J connectivity index is 1.20. The number of halogens is 2. The van der Waals surface area contributed by atoms with E-state index in [4.69, 9.17) is 10.5 Å². The molecular weight excluding hydrogens is 647 g/mol. The monoisotopic (exact) mass is 674 g/mol. The Hall–Kier alpha value is -6.07. The number of aryl methyl sites for hydroxylation is 1. The molecule has 11 heteroatoms. The average molecular weight is 675 g/mol. The van der Waals surface area contributed by atoms with Crippen molar-refractivity contribution >= 4 is 31.7 Å². The van der Waals surface area contributed by atoms with Crippen molar-refractivity contribution in [2.24, 2.45) is 0 Å². The van der Waals surface area contributed by atoms with Crippen LogP contribution >= 0.6 is 0 Å². The second-order valence-corrected chi connectivity index (χ2v) is 13.3. The Morgan fingerprint density at radius 1 is 0.878 bits per heavy atom. The SMILES string of the molecule is Cc1cc(Oc2cccc(F)c2F)ccc1-n1ncc(-c2ccccc2S(=O)(=O)C(=O)c2cc3c(Cc4ccccc4)cccc3[nH]2)c1N. The first-order valence-electron chi connectivity index (χ1n) is 15.2. The number of nitrogens with zero attached hydrogens (tertiary/aromatic N) is 2. The molecule has 244 valence electrons. The van der Waals surface area contributed by atoms with E-state index in [1.54, 1.807) is 49.4 Å². The third-order valence-corrected chi connectivity index (χ3v) is 9.91. The summed E-state index contributed by atoms with van der Waals surface area (Å²) < 4.78 is 62.7. The molecule has 5 aromatic carbocycles. The summed E-state index contributed by atoms with van der Waals surface area (Å²) in [7, 11) is -4.55. The van der Waals surface area contributed by atoms with Gasteiger partial charge in [-0.05, 0) is 78.6 Å². The Morgan fingerprint density at radius 2 is 1.63 bits per heavy atom. The van der Waals surface area contributed by atoms with E-state index in [1.807, 2.05) is 42.5 Å². The highest BCUT2D eigenvalue weighted by Crippen LogP contribution is 2.36. The molecule has 0 aliphatic heterocycles. The van der Waals surface area contributed by atoms with Crippen molar-refractivity contribution in [3.05, 3.63) is 155 Å². The summed E-state index contributed by atoms with van der Waals surface area (Å²) in [5.41, 5.74) is 10.9. The number of H-pyrrole nitrogens is 1. The fraction of sp³-hybridized carbons (Fsp3) is 0.0526. The number of aromatic nitrogens is 3. The molecule has 3 N–H and O–H groups in total. The summed E-state index contributed by atoms with van der Waals surface area (Å²) in [5, 5.41) is 4.10. The van der Waals surface area contributed by atoms with Crippen LogP contribution in [0.4, 0.5) is 14.6 Å². The Morgan fingerprint density at radius 3 is 2.43 bits per heavy atom. The number of nitrogens with two attached hydrogens (primary N) is 1. The van der Waals surface area contributed by atoms with E-state index >= 15 is 0 Å². The van der Waals surface area contributed by atoms with E-state index in [0.717, 1.165) is 22.6 Å². The van der Waals surface area contributed by atoms with Crippen LogP contribution in [0.5, 0.6) is 11.5 Å². The van der Waals surface area contributed by atoms with Gasteiger partial charge in [-0.15, -0.1) is 0 Å². The second-order valence-electron chi connectivity index (χ2n) is 11.5. The summed E-state index contributed by atoms with van der Waals surface area (Å²) in [6, 6.07) is 31.7. The lowest BCUT2D eigenvalue weighted by Crippen LogP contribution is -2.16. The van der Waals surface area contributed by atoms with Crippen molar-refractivity contribution in [1.29, 1.82) is 0 Å². The quantitative estimate of drug-likeness (QED) is 0.168. The highest BCUT2D eigenvalue weighted by molar-refractivity contribution is 8.06. The van der Waals surface area contributed by atoms with Gasteiger partial charge in [0.05, 0.1) is 22.5 Å². The van der Waals surface area contributed by atoms with E-state index in [0.29, 0.717) is 28.8 Å². The van der Waals surface area contributed by atoms with Gasteiger partial charge in [0.15, 0.2) is 11.6 Å². The first kappa shape index (κ1) is 31.5. The number of hydrogen-bond acceptors (Lipinski definition) is 6. The van der Waals surface area contributed by atoms with Crippen LogP contribution in [0.25, 0.3) is 27.7 Å². The molecule has 2 aromatic heterocycles. The van der Waals surface area contributed by atoms with Crippen LogP contribution in [-0.4, -0.2) is 28.3 Å². The number of rotatable bonds is 8. The van der Waals surface area contributed by atoms with Gasteiger partial charge in [0.2, 0.25) is 15.7 Å². The molecule has 0 aliphatic rings. The van der Waals surface area contributed by atoms with E-state index in [-0.39, 0.29) is 33.5 Å². The van der Waals surface area contributed by atoms with Crippen LogP contribution in [0.2, 0.25) is 0 Å². The van der Waals surface area contributed by atoms with Gasteiger partial charge in [-0.1, -0.05) is 66.7 Å². The molecule has 7 aromatic rings. The molecular formula is C38H28F2N4O4S. The van der Waals surface area contributed by atoms with Crippen LogP contribution in [-0.2, 0) is 16.3 Å². The molecule has 49 heavy (non-hydrogen) atoms. The van der Waals surface area contributed by atoms with Crippen LogP contribution in [0, 0.1) is 18.6 Å². The summed E-state index contributed by atoms with van der Waals surface area (Å²) >= 11 is 0. The maximum Gasteiger partial charge on any atom is 0.297 e. The van der Waals surface area contributed by atoms with Gasteiger partial charge in [-0.25, -0.2) is 17.5 Å². The van der Waals surface area contributed by atoms with Crippen molar-refractivity contribution < 1.29 is 26.7 Å². The number of nitrogen functional groups attached to an aromatic ring is 1. The molecule has 0 fully saturated rings. The van der Waals surface area contributed by atoms with E-state index in [1.165, 1.54) is 35.1 Å². The van der Waals surface area contributed by atoms with E-state index < -0.39 is 26.6 Å². The number of nitrogens with one attached hydrogen (secondary N) is 1. The molecule has 0 atom stereocenters. The summed E-state index contributed by atoms with van der Waals surface area (Å²) in [6.07, 6.45) is 2.04. The first-order valence-corrected chi connectivity index (χ1v) is 16.7. The lowest BCUT2D eigenvalue weighted by molar-refractivity contribution is 0.107. The topological polar surface area (TPSA) is 120 Å². The summed E-state index contributed by atoms with van der Waals surface area (Å²) in [5.74, 6) is -2.01.